The molecule has 1 aliphatic rings. The molecule has 0 bridgehead atoms. The Hall–Kier alpha value is -1.13. The number of rotatable bonds is 1. The highest BCUT2D eigenvalue weighted by Crippen LogP contribution is 2.26. The quantitative estimate of drug-likeness (QED) is 0.831. The molecule has 3 rings (SSSR count). The average Bonchev–Trinajstić information content (AvgIpc) is 2.88. The van der Waals surface area contributed by atoms with E-state index in [1.54, 1.807) is 11.3 Å². The van der Waals surface area contributed by atoms with Gasteiger partial charge in [-0.1, -0.05) is 13.8 Å². The normalized spacial score (nSPS) is 16.3. The largest absolute Gasteiger partial charge is 0.321 e. The molecule has 1 saturated heterocycles. The van der Waals surface area contributed by atoms with Crippen molar-refractivity contribution in [2.75, 3.05) is 13.1 Å². The molecule has 0 saturated carbocycles. The molecular weight excluding hydrogens is 244 g/mol. The maximum absolute atomic E-state index is 12.0. The summed E-state index contributed by atoms with van der Waals surface area (Å²) in [5, 5.41) is 5.35. The van der Waals surface area contributed by atoms with Gasteiger partial charge in [-0.15, -0.1) is 11.3 Å². The van der Waals surface area contributed by atoms with Gasteiger partial charge in [0, 0.05) is 5.56 Å². The van der Waals surface area contributed by atoms with Crippen LogP contribution >= 0.6 is 11.3 Å². The number of H-pyrrole nitrogens is 1. The third kappa shape index (κ3) is 2.65. The van der Waals surface area contributed by atoms with Crippen LogP contribution in [0.2, 0.25) is 0 Å². The number of hydrogen-bond acceptors (Lipinski definition) is 3. The lowest BCUT2D eigenvalue weighted by atomic mass is 9.91. The first kappa shape index (κ1) is 13.3. The van der Waals surface area contributed by atoms with Crippen LogP contribution in [-0.4, -0.2) is 18.1 Å². The average molecular weight is 264 g/mol. The second-order valence-electron chi connectivity index (χ2n) is 4.28. The zero-order valence-corrected chi connectivity index (χ0v) is 11.8. The summed E-state index contributed by atoms with van der Waals surface area (Å²) < 4.78 is 1.19. The van der Waals surface area contributed by atoms with Gasteiger partial charge in [-0.25, -0.2) is 0 Å². The SMILES string of the molecule is CC.O=c1[nH]c2ccsc2cc1C1CCNCC1. The minimum atomic E-state index is 0.0952. The van der Waals surface area contributed by atoms with Crippen molar-refractivity contribution in [3.05, 3.63) is 33.4 Å². The van der Waals surface area contributed by atoms with E-state index in [2.05, 4.69) is 16.4 Å². The lowest BCUT2D eigenvalue weighted by molar-refractivity contribution is 0.458. The summed E-state index contributed by atoms with van der Waals surface area (Å²) in [4.78, 5) is 14.9. The van der Waals surface area contributed by atoms with Crippen molar-refractivity contribution in [1.29, 1.82) is 0 Å². The molecule has 0 spiro atoms. The Morgan fingerprint density at radius 3 is 2.72 bits per heavy atom. The highest BCUT2D eigenvalue weighted by atomic mass is 32.1. The highest BCUT2D eigenvalue weighted by Gasteiger charge is 2.18. The zero-order valence-electron chi connectivity index (χ0n) is 11.0. The topological polar surface area (TPSA) is 44.9 Å². The molecular formula is C14H20N2OS. The Labute approximate surface area is 111 Å². The summed E-state index contributed by atoms with van der Waals surface area (Å²) in [6.07, 6.45) is 2.14. The summed E-state index contributed by atoms with van der Waals surface area (Å²) in [6, 6.07) is 4.04. The summed E-state index contributed by atoms with van der Waals surface area (Å²) in [5.74, 6) is 0.427. The Balaban J connectivity index is 0.000000574. The molecule has 2 aromatic heterocycles. The Morgan fingerprint density at radius 1 is 1.28 bits per heavy atom. The fourth-order valence-electron chi connectivity index (χ4n) is 2.37. The fraction of sp³-hybridized carbons (Fsp3) is 0.500. The van der Waals surface area contributed by atoms with E-state index in [-0.39, 0.29) is 5.56 Å². The Bertz CT molecular complexity index is 552. The Morgan fingerprint density at radius 2 is 2.00 bits per heavy atom. The van der Waals surface area contributed by atoms with Crippen LogP contribution in [0.15, 0.2) is 22.3 Å². The van der Waals surface area contributed by atoms with Crippen LogP contribution in [0, 0.1) is 0 Å². The maximum Gasteiger partial charge on any atom is 0.251 e. The third-order valence-electron chi connectivity index (χ3n) is 3.27. The molecule has 98 valence electrons. The van der Waals surface area contributed by atoms with Crippen molar-refractivity contribution in [2.24, 2.45) is 0 Å². The van der Waals surface area contributed by atoms with Gasteiger partial charge in [-0.2, -0.15) is 0 Å². The van der Waals surface area contributed by atoms with Crippen LogP contribution < -0.4 is 10.9 Å². The lowest BCUT2D eigenvalue weighted by Gasteiger charge is -2.22. The molecule has 3 nitrogen and oxygen atoms in total. The first-order valence-corrected chi connectivity index (χ1v) is 7.54. The van der Waals surface area contributed by atoms with Crippen molar-refractivity contribution >= 4 is 21.6 Å². The molecule has 1 fully saturated rings. The minimum absolute atomic E-state index is 0.0952. The molecule has 1 aliphatic heterocycles. The molecule has 0 radical (unpaired) electrons. The van der Waals surface area contributed by atoms with Gasteiger partial charge in [0.2, 0.25) is 0 Å². The standard InChI is InChI=1S/C12H14N2OS.C2H6/c15-12-9(8-1-4-13-5-2-8)7-11-10(14-12)3-6-16-11;1-2/h3,6-8,13H,1-2,4-5H2,(H,14,15);1-2H3. The molecule has 2 N–H and O–H groups in total. The zero-order chi connectivity index (χ0) is 13.0. The van der Waals surface area contributed by atoms with Crippen LogP contribution in [0.25, 0.3) is 10.2 Å². The number of thiophene rings is 1. The molecule has 4 heteroatoms. The van der Waals surface area contributed by atoms with Crippen LogP contribution in [0.5, 0.6) is 0 Å². The van der Waals surface area contributed by atoms with E-state index in [1.807, 2.05) is 25.3 Å². The monoisotopic (exact) mass is 264 g/mol. The second-order valence-corrected chi connectivity index (χ2v) is 5.22. The summed E-state index contributed by atoms with van der Waals surface area (Å²) >= 11 is 1.69. The van der Waals surface area contributed by atoms with Crippen molar-refractivity contribution in [3.8, 4) is 0 Å². The van der Waals surface area contributed by atoms with Gasteiger partial charge >= 0.3 is 0 Å². The number of aromatic nitrogens is 1. The van der Waals surface area contributed by atoms with Crippen molar-refractivity contribution in [1.82, 2.24) is 10.3 Å². The van der Waals surface area contributed by atoms with E-state index in [0.29, 0.717) is 5.92 Å². The number of pyridine rings is 1. The molecule has 0 aliphatic carbocycles. The van der Waals surface area contributed by atoms with Gasteiger partial charge in [0.05, 0.1) is 10.2 Å². The molecule has 0 amide bonds. The third-order valence-corrected chi connectivity index (χ3v) is 4.14. The van der Waals surface area contributed by atoms with E-state index in [9.17, 15) is 4.79 Å². The van der Waals surface area contributed by atoms with Gasteiger partial charge in [-0.05, 0) is 49.4 Å². The van der Waals surface area contributed by atoms with Crippen LogP contribution in [0.3, 0.4) is 0 Å². The predicted octanol–water partition coefficient (Wildman–Crippen LogP) is 3.08. The van der Waals surface area contributed by atoms with E-state index in [0.717, 1.165) is 37.0 Å². The predicted molar refractivity (Wildman–Crippen MR) is 78.6 cm³/mol. The number of aromatic amines is 1. The number of fused-ring (bicyclic) bond motifs is 1. The molecule has 3 heterocycles. The van der Waals surface area contributed by atoms with Crippen molar-refractivity contribution in [3.63, 3.8) is 0 Å². The van der Waals surface area contributed by atoms with E-state index in [1.165, 1.54) is 4.70 Å². The van der Waals surface area contributed by atoms with Gasteiger partial charge in [0.1, 0.15) is 0 Å². The second kappa shape index (κ2) is 6.16. The van der Waals surface area contributed by atoms with Crippen LogP contribution in [-0.2, 0) is 0 Å². The van der Waals surface area contributed by atoms with Gasteiger partial charge < -0.3 is 10.3 Å². The summed E-state index contributed by atoms with van der Waals surface area (Å²) in [5.41, 5.74) is 2.03. The first-order valence-electron chi connectivity index (χ1n) is 6.66. The lowest BCUT2D eigenvalue weighted by Crippen LogP contribution is -2.29. The van der Waals surface area contributed by atoms with Gasteiger partial charge in [0.25, 0.3) is 5.56 Å². The van der Waals surface area contributed by atoms with Crippen LogP contribution in [0.1, 0.15) is 38.2 Å². The highest BCUT2D eigenvalue weighted by molar-refractivity contribution is 7.17. The summed E-state index contributed by atoms with van der Waals surface area (Å²) in [6.45, 7) is 6.04. The van der Waals surface area contributed by atoms with E-state index < -0.39 is 0 Å². The fourth-order valence-corrected chi connectivity index (χ4v) is 3.17. The molecule has 0 aromatic carbocycles. The first-order chi connectivity index (χ1) is 8.84. The molecule has 0 unspecified atom stereocenters. The smallest absolute Gasteiger partial charge is 0.251 e. The molecule has 0 atom stereocenters. The van der Waals surface area contributed by atoms with Gasteiger partial charge in [-0.3, -0.25) is 4.79 Å². The number of piperidine rings is 1. The number of nitrogens with one attached hydrogen (secondary N) is 2. The number of hydrogen-bond donors (Lipinski definition) is 2. The van der Waals surface area contributed by atoms with E-state index >= 15 is 0 Å². The van der Waals surface area contributed by atoms with Gasteiger partial charge in [0.15, 0.2) is 0 Å². The van der Waals surface area contributed by atoms with Crippen molar-refractivity contribution in [2.45, 2.75) is 32.6 Å². The molecule has 2 aromatic rings. The van der Waals surface area contributed by atoms with Crippen LogP contribution in [0.4, 0.5) is 0 Å². The molecule has 18 heavy (non-hydrogen) atoms. The van der Waals surface area contributed by atoms with Crippen molar-refractivity contribution < 1.29 is 0 Å². The Kier molecular flexibility index (Phi) is 4.55. The summed E-state index contributed by atoms with van der Waals surface area (Å²) in [7, 11) is 0. The maximum atomic E-state index is 12.0. The van der Waals surface area contributed by atoms with E-state index in [4.69, 9.17) is 0 Å². The minimum Gasteiger partial charge on any atom is -0.321 e.